The van der Waals surface area contributed by atoms with Crippen LogP contribution in [-0.2, 0) is 6.54 Å². The Morgan fingerprint density at radius 2 is 1.62 bits per heavy atom. The molecule has 1 aromatic heterocycles. The van der Waals surface area contributed by atoms with Crippen LogP contribution in [0, 0.1) is 31.3 Å². The van der Waals surface area contributed by atoms with Gasteiger partial charge in [0, 0.05) is 22.5 Å². The fraction of sp³-hybridized carbons (Fsp3) is 0.182. The van der Waals surface area contributed by atoms with Gasteiger partial charge in [-0.3, -0.25) is 9.59 Å². The van der Waals surface area contributed by atoms with Crippen LogP contribution < -0.4 is 10.2 Å². The summed E-state index contributed by atoms with van der Waals surface area (Å²) in [6, 6.07) is 7.78. The number of pyridine rings is 1. The first-order valence-corrected chi connectivity index (χ1v) is 8.76. The molecule has 150 valence electrons. The van der Waals surface area contributed by atoms with Crippen molar-refractivity contribution in [1.82, 2.24) is 4.57 Å². The molecule has 0 radical (unpaired) electrons. The molecular formula is C22H18F3NO3. The number of ether oxygens (including phenoxy) is 1. The average Bonchev–Trinajstić information content (AvgIpc) is 2.69. The van der Waals surface area contributed by atoms with Crippen LogP contribution in [0.3, 0.4) is 0 Å². The van der Waals surface area contributed by atoms with E-state index < -0.39 is 22.9 Å². The third kappa shape index (κ3) is 3.44. The van der Waals surface area contributed by atoms with E-state index in [2.05, 4.69) is 0 Å². The van der Waals surface area contributed by atoms with Gasteiger partial charge in [-0.1, -0.05) is 18.2 Å². The Kier molecular flexibility index (Phi) is 5.59. The first-order chi connectivity index (χ1) is 13.8. The van der Waals surface area contributed by atoms with Crippen molar-refractivity contribution < 1.29 is 22.7 Å². The van der Waals surface area contributed by atoms with Crippen molar-refractivity contribution in [2.45, 2.75) is 20.4 Å². The van der Waals surface area contributed by atoms with Gasteiger partial charge in [0.15, 0.2) is 17.9 Å². The first kappa shape index (κ1) is 20.4. The third-order valence-electron chi connectivity index (χ3n) is 4.98. The summed E-state index contributed by atoms with van der Waals surface area (Å²) in [6.45, 7) is 2.77. The van der Waals surface area contributed by atoms with Crippen molar-refractivity contribution in [3.05, 3.63) is 86.6 Å². The van der Waals surface area contributed by atoms with E-state index in [4.69, 9.17) is 4.74 Å². The van der Waals surface area contributed by atoms with Crippen LogP contribution in [0.2, 0.25) is 0 Å². The van der Waals surface area contributed by atoms with E-state index in [0.717, 1.165) is 12.1 Å². The van der Waals surface area contributed by atoms with Crippen molar-refractivity contribution in [3.63, 3.8) is 0 Å². The number of aldehydes is 1. The predicted molar refractivity (Wildman–Crippen MR) is 103 cm³/mol. The first-order valence-electron chi connectivity index (χ1n) is 8.76. The standard InChI is InChI=1S/C22H18F3NO3/c1-12-16(11-27)22(28)20(14-6-4-9-19(29-3)21(14)25)13(2)26(12)10-15-17(23)7-5-8-18(15)24/h4-9,11H,10H2,1-3H3. The average molecular weight is 401 g/mol. The Hall–Kier alpha value is -3.35. The SMILES string of the molecule is COc1cccc(-c2c(C)n(Cc3c(F)cccc3F)c(C)c(C=O)c2=O)c1F. The second-order valence-electron chi connectivity index (χ2n) is 6.51. The second-order valence-corrected chi connectivity index (χ2v) is 6.51. The van der Waals surface area contributed by atoms with Crippen molar-refractivity contribution in [2.75, 3.05) is 7.11 Å². The number of carbonyl (C=O) groups excluding carboxylic acids is 1. The second kappa shape index (κ2) is 7.95. The lowest BCUT2D eigenvalue weighted by atomic mass is 9.98. The highest BCUT2D eigenvalue weighted by Crippen LogP contribution is 2.30. The molecule has 4 nitrogen and oxygen atoms in total. The molecule has 0 aliphatic rings. The molecule has 0 spiro atoms. The number of hydrogen-bond acceptors (Lipinski definition) is 3. The Morgan fingerprint density at radius 3 is 2.21 bits per heavy atom. The Bertz CT molecular complexity index is 1150. The number of halogens is 3. The predicted octanol–water partition coefficient (Wildman–Crippen LogP) is 4.42. The quantitative estimate of drug-likeness (QED) is 0.595. The van der Waals surface area contributed by atoms with Crippen LogP contribution in [-0.4, -0.2) is 18.0 Å². The molecule has 0 saturated heterocycles. The molecule has 7 heteroatoms. The minimum atomic E-state index is -0.764. The van der Waals surface area contributed by atoms with Gasteiger partial charge in [-0.05, 0) is 32.0 Å². The van der Waals surface area contributed by atoms with Crippen molar-refractivity contribution in [3.8, 4) is 16.9 Å². The van der Waals surface area contributed by atoms with Gasteiger partial charge in [0.1, 0.15) is 11.6 Å². The van der Waals surface area contributed by atoms with Crippen molar-refractivity contribution >= 4 is 6.29 Å². The van der Waals surface area contributed by atoms with Crippen LogP contribution in [0.4, 0.5) is 13.2 Å². The zero-order valence-electron chi connectivity index (χ0n) is 16.1. The molecule has 0 atom stereocenters. The molecule has 29 heavy (non-hydrogen) atoms. The minimum Gasteiger partial charge on any atom is -0.494 e. The lowest BCUT2D eigenvalue weighted by Gasteiger charge is -2.20. The highest BCUT2D eigenvalue weighted by molar-refractivity contribution is 5.81. The molecule has 0 aliphatic heterocycles. The van der Waals surface area contributed by atoms with E-state index in [9.17, 15) is 22.8 Å². The van der Waals surface area contributed by atoms with Gasteiger partial charge in [-0.25, -0.2) is 13.2 Å². The van der Waals surface area contributed by atoms with Gasteiger partial charge in [-0.2, -0.15) is 0 Å². The van der Waals surface area contributed by atoms with Gasteiger partial charge >= 0.3 is 0 Å². The molecule has 0 aliphatic carbocycles. The molecule has 1 heterocycles. The van der Waals surface area contributed by atoms with Gasteiger partial charge in [0.2, 0.25) is 5.43 Å². The summed E-state index contributed by atoms with van der Waals surface area (Å²) in [5, 5.41) is 0. The van der Waals surface area contributed by atoms with Crippen LogP contribution in [0.15, 0.2) is 41.2 Å². The summed E-state index contributed by atoms with van der Waals surface area (Å²) in [7, 11) is 1.29. The van der Waals surface area contributed by atoms with E-state index >= 15 is 0 Å². The molecular weight excluding hydrogens is 383 g/mol. The smallest absolute Gasteiger partial charge is 0.200 e. The number of hydrogen-bond donors (Lipinski definition) is 0. The molecule has 3 rings (SSSR count). The number of nitrogens with zero attached hydrogens (tertiary/aromatic N) is 1. The lowest BCUT2D eigenvalue weighted by molar-refractivity contribution is 0.112. The number of benzene rings is 2. The number of methoxy groups -OCH3 is 1. The van der Waals surface area contributed by atoms with E-state index in [1.165, 1.54) is 49.8 Å². The van der Waals surface area contributed by atoms with Gasteiger partial charge in [0.05, 0.1) is 24.8 Å². The molecule has 0 fully saturated rings. The molecule has 0 N–H and O–H groups in total. The normalized spacial score (nSPS) is 10.8. The van der Waals surface area contributed by atoms with Crippen molar-refractivity contribution in [2.24, 2.45) is 0 Å². The molecule has 3 aromatic rings. The Morgan fingerprint density at radius 1 is 1.00 bits per heavy atom. The number of rotatable bonds is 5. The Balaban J connectivity index is 2.34. The maximum absolute atomic E-state index is 14.9. The summed E-state index contributed by atoms with van der Waals surface area (Å²) in [5.41, 5.74) is -0.707. The molecule has 0 amide bonds. The lowest BCUT2D eigenvalue weighted by Crippen LogP contribution is -2.24. The van der Waals surface area contributed by atoms with E-state index in [1.807, 2.05) is 0 Å². The van der Waals surface area contributed by atoms with Gasteiger partial charge in [0.25, 0.3) is 0 Å². The van der Waals surface area contributed by atoms with Crippen LogP contribution >= 0.6 is 0 Å². The number of carbonyl (C=O) groups is 1. The van der Waals surface area contributed by atoms with Crippen LogP contribution in [0.5, 0.6) is 5.75 Å². The molecule has 0 bridgehead atoms. The van der Waals surface area contributed by atoms with Crippen LogP contribution in [0.25, 0.3) is 11.1 Å². The van der Waals surface area contributed by atoms with E-state index in [-0.39, 0.29) is 45.9 Å². The maximum atomic E-state index is 14.9. The summed E-state index contributed by atoms with van der Waals surface area (Å²) < 4.78 is 49.6. The third-order valence-corrected chi connectivity index (χ3v) is 4.98. The summed E-state index contributed by atoms with van der Waals surface area (Å²) in [5.74, 6) is -2.35. The van der Waals surface area contributed by atoms with Gasteiger partial charge < -0.3 is 9.30 Å². The monoisotopic (exact) mass is 401 g/mol. The van der Waals surface area contributed by atoms with Crippen molar-refractivity contribution in [1.29, 1.82) is 0 Å². The van der Waals surface area contributed by atoms with E-state index in [1.54, 1.807) is 0 Å². The largest absolute Gasteiger partial charge is 0.494 e. The van der Waals surface area contributed by atoms with Gasteiger partial charge in [-0.15, -0.1) is 0 Å². The fourth-order valence-corrected chi connectivity index (χ4v) is 3.39. The summed E-state index contributed by atoms with van der Waals surface area (Å²) in [4.78, 5) is 24.5. The maximum Gasteiger partial charge on any atom is 0.200 e. The molecule has 0 unspecified atom stereocenters. The fourth-order valence-electron chi connectivity index (χ4n) is 3.39. The molecule has 0 saturated carbocycles. The topological polar surface area (TPSA) is 48.3 Å². The highest BCUT2D eigenvalue weighted by atomic mass is 19.1. The molecule has 2 aromatic carbocycles. The summed E-state index contributed by atoms with van der Waals surface area (Å²) in [6.07, 6.45) is 0.368. The van der Waals surface area contributed by atoms with E-state index in [0.29, 0.717) is 6.29 Å². The Labute approximate surface area is 165 Å². The number of aromatic nitrogens is 1. The highest BCUT2D eigenvalue weighted by Gasteiger charge is 2.23. The zero-order chi connectivity index (χ0) is 21.3. The minimum absolute atomic E-state index is 0.0577. The van der Waals surface area contributed by atoms with Crippen LogP contribution in [0.1, 0.15) is 27.3 Å². The summed E-state index contributed by atoms with van der Waals surface area (Å²) >= 11 is 0. The zero-order valence-corrected chi connectivity index (χ0v) is 16.1.